The van der Waals surface area contributed by atoms with Crippen molar-refractivity contribution in [3.8, 4) is 5.69 Å². The standard InChI is InChI=1S/C28H27N3O/c1-27(2)22-15-16-28(27,3)25-23(22)24(30-31(25)21-11-5-4-6-12-21)26(32)29-20-14-13-18-9-7-8-10-19(18)17-20/h4-14,17,22H,15-16H2,1-3H3,(H,29,32). The number of para-hydroxylation sites is 1. The van der Waals surface area contributed by atoms with E-state index in [0.29, 0.717) is 11.6 Å². The maximum Gasteiger partial charge on any atom is 0.276 e. The van der Waals surface area contributed by atoms with E-state index in [2.05, 4.69) is 50.4 Å². The van der Waals surface area contributed by atoms with Crippen LogP contribution in [-0.4, -0.2) is 15.7 Å². The van der Waals surface area contributed by atoms with E-state index in [9.17, 15) is 4.79 Å². The monoisotopic (exact) mass is 421 g/mol. The molecule has 0 radical (unpaired) electrons. The topological polar surface area (TPSA) is 46.9 Å². The van der Waals surface area contributed by atoms with Crippen LogP contribution in [0.2, 0.25) is 0 Å². The Morgan fingerprint density at radius 3 is 2.47 bits per heavy atom. The molecule has 3 aromatic carbocycles. The first-order valence-electron chi connectivity index (χ1n) is 11.4. The number of nitrogens with one attached hydrogen (secondary N) is 1. The van der Waals surface area contributed by atoms with Gasteiger partial charge in [0.25, 0.3) is 5.91 Å². The van der Waals surface area contributed by atoms with Gasteiger partial charge in [0.15, 0.2) is 5.69 Å². The van der Waals surface area contributed by atoms with Crippen LogP contribution in [0.5, 0.6) is 0 Å². The highest BCUT2D eigenvalue weighted by Crippen LogP contribution is 2.68. The molecule has 4 nitrogen and oxygen atoms in total. The fraction of sp³-hybridized carbons (Fsp3) is 0.286. The molecule has 1 aromatic heterocycles. The van der Waals surface area contributed by atoms with Crippen molar-refractivity contribution in [1.82, 2.24) is 9.78 Å². The van der Waals surface area contributed by atoms with E-state index in [-0.39, 0.29) is 16.7 Å². The second kappa shape index (κ2) is 6.55. The molecule has 2 aliphatic carbocycles. The lowest BCUT2D eigenvalue weighted by atomic mass is 9.70. The van der Waals surface area contributed by atoms with Crippen LogP contribution < -0.4 is 5.32 Å². The van der Waals surface area contributed by atoms with Gasteiger partial charge in [-0.15, -0.1) is 0 Å². The van der Waals surface area contributed by atoms with Crippen molar-refractivity contribution in [3.63, 3.8) is 0 Å². The van der Waals surface area contributed by atoms with Crippen LogP contribution in [0.25, 0.3) is 16.5 Å². The second-order valence-electron chi connectivity index (χ2n) is 10.0. The first-order valence-corrected chi connectivity index (χ1v) is 11.4. The Balaban J connectivity index is 1.47. The van der Waals surface area contributed by atoms with Crippen molar-refractivity contribution < 1.29 is 4.79 Å². The third kappa shape index (κ3) is 2.49. The van der Waals surface area contributed by atoms with Crippen LogP contribution >= 0.6 is 0 Å². The predicted molar refractivity (Wildman–Crippen MR) is 129 cm³/mol. The summed E-state index contributed by atoms with van der Waals surface area (Å²) in [5.74, 6) is 0.218. The average molecular weight is 422 g/mol. The minimum atomic E-state index is -0.127. The van der Waals surface area contributed by atoms with Gasteiger partial charge in [-0.2, -0.15) is 5.10 Å². The van der Waals surface area contributed by atoms with Crippen molar-refractivity contribution in [2.24, 2.45) is 5.41 Å². The van der Waals surface area contributed by atoms with E-state index < -0.39 is 0 Å². The molecule has 0 aliphatic heterocycles. The zero-order valence-electron chi connectivity index (χ0n) is 18.7. The summed E-state index contributed by atoms with van der Waals surface area (Å²) in [6, 6.07) is 24.4. The Morgan fingerprint density at radius 2 is 1.69 bits per heavy atom. The van der Waals surface area contributed by atoms with Gasteiger partial charge in [-0.1, -0.05) is 69.3 Å². The number of hydrogen-bond donors (Lipinski definition) is 1. The van der Waals surface area contributed by atoms with Gasteiger partial charge >= 0.3 is 0 Å². The Hall–Kier alpha value is -3.40. The van der Waals surface area contributed by atoms with Crippen LogP contribution in [0.4, 0.5) is 5.69 Å². The molecule has 2 unspecified atom stereocenters. The number of rotatable bonds is 3. The van der Waals surface area contributed by atoms with Crippen molar-refractivity contribution in [2.75, 3.05) is 5.32 Å². The van der Waals surface area contributed by atoms with Crippen LogP contribution in [0, 0.1) is 5.41 Å². The largest absolute Gasteiger partial charge is 0.321 e. The average Bonchev–Trinajstić information content (AvgIpc) is 3.36. The van der Waals surface area contributed by atoms with E-state index in [4.69, 9.17) is 5.10 Å². The number of hydrogen-bond acceptors (Lipinski definition) is 2. The van der Waals surface area contributed by atoms with E-state index in [0.717, 1.165) is 40.6 Å². The lowest BCUT2D eigenvalue weighted by molar-refractivity contribution is 0.101. The summed E-state index contributed by atoms with van der Waals surface area (Å²) >= 11 is 0. The van der Waals surface area contributed by atoms with E-state index in [1.54, 1.807) is 0 Å². The van der Waals surface area contributed by atoms with Gasteiger partial charge in [-0.3, -0.25) is 4.79 Å². The fourth-order valence-electron chi connectivity index (χ4n) is 6.10. The molecule has 1 N–H and O–H groups in total. The Labute approximate surface area is 188 Å². The summed E-state index contributed by atoms with van der Waals surface area (Å²) < 4.78 is 2.03. The van der Waals surface area contributed by atoms with E-state index in [1.165, 1.54) is 5.69 Å². The minimum absolute atomic E-state index is 0.00266. The van der Waals surface area contributed by atoms with Crippen LogP contribution in [0.3, 0.4) is 0 Å². The molecular formula is C28H27N3O. The highest BCUT2D eigenvalue weighted by atomic mass is 16.2. The Bertz CT molecular complexity index is 1370. The second-order valence-corrected chi connectivity index (χ2v) is 10.0. The molecule has 1 fully saturated rings. The van der Waals surface area contributed by atoms with Crippen molar-refractivity contribution in [1.29, 1.82) is 0 Å². The highest BCUT2D eigenvalue weighted by molar-refractivity contribution is 6.05. The maximum absolute atomic E-state index is 13.6. The van der Waals surface area contributed by atoms with Crippen LogP contribution in [-0.2, 0) is 5.41 Å². The molecule has 6 rings (SSSR count). The number of nitrogens with zero attached hydrogens (tertiary/aromatic N) is 2. The summed E-state index contributed by atoms with van der Waals surface area (Å²) in [5.41, 5.74) is 4.83. The fourth-order valence-corrected chi connectivity index (χ4v) is 6.10. The lowest BCUT2D eigenvalue weighted by Gasteiger charge is -2.35. The molecule has 2 aliphatic rings. The zero-order chi connectivity index (χ0) is 22.1. The molecule has 0 spiro atoms. The number of fused-ring (bicyclic) bond motifs is 6. The maximum atomic E-state index is 13.6. The molecule has 32 heavy (non-hydrogen) atoms. The molecule has 1 heterocycles. The molecule has 4 aromatic rings. The highest BCUT2D eigenvalue weighted by Gasteiger charge is 2.63. The van der Waals surface area contributed by atoms with E-state index >= 15 is 0 Å². The molecule has 2 atom stereocenters. The van der Waals surface area contributed by atoms with Gasteiger partial charge in [0.2, 0.25) is 0 Å². The van der Waals surface area contributed by atoms with Gasteiger partial charge in [0, 0.05) is 16.7 Å². The molecule has 160 valence electrons. The molecule has 1 saturated carbocycles. The normalized spacial score (nSPS) is 22.8. The number of carbonyl (C=O) groups is 1. The van der Waals surface area contributed by atoms with E-state index in [1.807, 2.05) is 53.2 Å². The van der Waals surface area contributed by atoms with Gasteiger partial charge in [0.1, 0.15) is 0 Å². The molecule has 2 bridgehead atoms. The zero-order valence-corrected chi connectivity index (χ0v) is 18.7. The van der Waals surface area contributed by atoms with Gasteiger partial charge in [-0.05, 0) is 59.2 Å². The Kier molecular flexibility index (Phi) is 3.95. The number of amides is 1. The first kappa shape index (κ1) is 19.3. The summed E-state index contributed by atoms with van der Waals surface area (Å²) in [7, 11) is 0. The number of carbonyl (C=O) groups excluding carboxylic acids is 1. The lowest BCUT2D eigenvalue weighted by Crippen LogP contribution is -2.33. The third-order valence-corrected chi connectivity index (χ3v) is 8.24. The van der Waals surface area contributed by atoms with Crippen molar-refractivity contribution in [2.45, 2.75) is 44.9 Å². The quantitative estimate of drug-likeness (QED) is 0.413. The summed E-state index contributed by atoms with van der Waals surface area (Å²) in [4.78, 5) is 13.6. The third-order valence-electron chi connectivity index (χ3n) is 8.24. The van der Waals surface area contributed by atoms with Gasteiger partial charge in [0.05, 0.1) is 11.4 Å². The smallest absolute Gasteiger partial charge is 0.276 e. The number of anilines is 1. The molecular weight excluding hydrogens is 394 g/mol. The number of aromatic nitrogens is 2. The SMILES string of the molecule is CC12CCC(c3c(C(=O)Nc4ccc5ccccc5c4)nn(-c4ccccc4)c31)C2(C)C. The minimum Gasteiger partial charge on any atom is -0.321 e. The molecule has 1 amide bonds. The summed E-state index contributed by atoms with van der Waals surface area (Å²) in [6.45, 7) is 7.06. The number of benzene rings is 3. The van der Waals surface area contributed by atoms with Crippen molar-refractivity contribution in [3.05, 3.63) is 89.7 Å². The molecule has 0 saturated heterocycles. The Morgan fingerprint density at radius 1 is 0.969 bits per heavy atom. The summed E-state index contributed by atoms with van der Waals surface area (Å²) in [6.07, 6.45) is 2.23. The summed E-state index contributed by atoms with van der Waals surface area (Å²) in [5, 5.41) is 10.3. The first-order chi connectivity index (χ1) is 15.4. The van der Waals surface area contributed by atoms with Gasteiger partial charge < -0.3 is 5.32 Å². The van der Waals surface area contributed by atoms with Crippen LogP contribution in [0.15, 0.2) is 72.8 Å². The van der Waals surface area contributed by atoms with Gasteiger partial charge in [-0.25, -0.2) is 4.68 Å². The molecule has 4 heteroatoms. The predicted octanol–water partition coefficient (Wildman–Crippen LogP) is 6.45. The van der Waals surface area contributed by atoms with Crippen LogP contribution in [0.1, 0.15) is 61.3 Å². The van der Waals surface area contributed by atoms with Crippen molar-refractivity contribution >= 4 is 22.4 Å².